The van der Waals surface area contributed by atoms with E-state index in [2.05, 4.69) is 4.72 Å². The van der Waals surface area contributed by atoms with Crippen LogP contribution in [0.5, 0.6) is 5.75 Å². The zero-order valence-electron chi connectivity index (χ0n) is 18.1. The summed E-state index contributed by atoms with van der Waals surface area (Å²) in [4.78, 5) is 28.3. The Kier molecular flexibility index (Phi) is 8.28. The van der Waals surface area contributed by atoms with Crippen molar-refractivity contribution in [2.45, 2.75) is 18.2 Å². The fourth-order valence-corrected chi connectivity index (χ4v) is 4.69. The molecule has 0 aromatic heterocycles. The molecule has 0 aliphatic carbocycles. The Labute approximate surface area is 197 Å². The summed E-state index contributed by atoms with van der Waals surface area (Å²) in [6.07, 6.45) is -0.00596. The van der Waals surface area contributed by atoms with E-state index in [1.807, 2.05) is 6.92 Å². The van der Waals surface area contributed by atoms with Crippen LogP contribution >= 0.6 is 11.6 Å². The minimum Gasteiger partial charge on any atom is -0.494 e. The molecule has 3 rings (SSSR count). The minimum atomic E-state index is -3.74. The molecule has 2 aromatic carbocycles. The molecule has 1 fully saturated rings. The highest BCUT2D eigenvalue weighted by Crippen LogP contribution is 2.20. The van der Waals surface area contributed by atoms with Crippen molar-refractivity contribution < 1.29 is 27.1 Å². The Hall–Kier alpha value is -2.69. The number of sulfonamides is 1. The average molecular weight is 498 g/mol. The fourth-order valence-electron chi connectivity index (χ4n) is 3.41. The maximum atomic E-state index is 13.2. The van der Waals surface area contributed by atoms with Gasteiger partial charge in [-0.15, -0.1) is 0 Å². The first-order valence-corrected chi connectivity index (χ1v) is 12.3. The second-order valence-corrected chi connectivity index (χ2v) is 9.52. The Morgan fingerprint density at radius 2 is 1.70 bits per heavy atom. The second-order valence-electron chi connectivity index (χ2n) is 7.35. The lowest BCUT2D eigenvalue weighted by molar-refractivity contribution is -0.132. The molecule has 2 amide bonds. The molecule has 0 radical (unpaired) electrons. The van der Waals surface area contributed by atoms with Crippen molar-refractivity contribution >= 4 is 33.4 Å². The van der Waals surface area contributed by atoms with E-state index in [-0.39, 0.29) is 40.3 Å². The van der Waals surface area contributed by atoms with Crippen molar-refractivity contribution in [3.63, 3.8) is 0 Å². The van der Waals surface area contributed by atoms with Gasteiger partial charge in [0.25, 0.3) is 5.91 Å². The molecular formula is C22H25ClFN3O5S. The molecular weight excluding hydrogens is 473 g/mol. The second kappa shape index (κ2) is 11.0. The number of piperazine rings is 1. The number of carbonyl (C=O) groups excluding carboxylic acids is 2. The molecule has 1 heterocycles. The van der Waals surface area contributed by atoms with Gasteiger partial charge in [0, 0.05) is 39.1 Å². The Morgan fingerprint density at radius 1 is 1.06 bits per heavy atom. The van der Waals surface area contributed by atoms with Crippen LogP contribution < -0.4 is 9.46 Å². The van der Waals surface area contributed by atoms with Gasteiger partial charge in [0.2, 0.25) is 15.9 Å². The van der Waals surface area contributed by atoms with Gasteiger partial charge in [0.1, 0.15) is 11.6 Å². The van der Waals surface area contributed by atoms with Gasteiger partial charge in [0.15, 0.2) is 0 Å². The van der Waals surface area contributed by atoms with Gasteiger partial charge in [-0.1, -0.05) is 11.6 Å². The van der Waals surface area contributed by atoms with Gasteiger partial charge in [-0.05, 0) is 49.4 Å². The number of amides is 2. The summed E-state index contributed by atoms with van der Waals surface area (Å²) in [5.41, 5.74) is 0.210. The summed E-state index contributed by atoms with van der Waals surface area (Å²) in [6, 6.07) is 9.63. The van der Waals surface area contributed by atoms with Crippen molar-refractivity contribution in [2.24, 2.45) is 0 Å². The summed E-state index contributed by atoms with van der Waals surface area (Å²) in [6.45, 7) is 3.51. The molecule has 0 saturated carbocycles. The third-order valence-electron chi connectivity index (χ3n) is 5.16. The van der Waals surface area contributed by atoms with Crippen LogP contribution in [0.2, 0.25) is 5.02 Å². The molecule has 33 heavy (non-hydrogen) atoms. The number of nitrogens with one attached hydrogen (secondary N) is 1. The molecule has 0 spiro atoms. The van der Waals surface area contributed by atoms with E-state index in [0.717, 1.165) is 6.07 Å². The van der Waals surface area contributed by atoms with E-state index < -0.39 is 15.8 Å². The summed E-state index contributed by atoms with van der Waals surface area (Å²) < 4.78 is 45.7. The lowest BCUT2D eigenvalue weighted by Gasteiger charge is -2.35. The van der Waals surface area contributed by atoms with Crippen molar-refractivity contribution in [2.75, 3.05) is 39.3 Å². The molecule has 1 aliphatic heterocycles. The van der Waals surface area contributed by atoms with Gasteiger partial charge in [-0.2, -0.15) is 0 Å². The molecule has 1 N–H and O–H groups in total. The largest absolute Gasteiger partial charge is 0.494 e. The van der Waals surface area contributed by atoms with E-state index in [1.54, 1.807) is 21.9 Å². The summed E-state index contributed by atoms with van der Waals surface area (Å²) in [7, 11) is -3.74. The van der Waals surface area contributed by atoms with Crippen LogP contribution in [-0.4, -0.2) is 69.4 Å². The number of halogens is 2. The lowest BCUT2D eigenvalue weighted by Crippen LogP contribution is -2.51. The standard InChI is InChI=1S/C22H25ClFN3O5S/c1-2-32-17-4-6-18(7-5-17)33(30,31)25-10-9-21(28)26-11-13-27(14-12-26)22(29)19-8-3-16(24)15-20(19)23/h3-8,15,25H,2,9-14H2,1H3. The van der Waals surface area contributed by atoms with Crippen LogP contribution in [-0.2, 0) is 14.8 Å². The summed E-state index contributed by atoms with van der Waals surface area (Å²) in [5.74, 6) is -0.484. The predicted molar refractivity (Wildman–Crippen MR) is 121 cm³/mol. The number of ether oxygens (including phenoxy) is 1. The highest BCUT2D eigenvalue weighted by Gasteiger charge is 2.26. The first-order chi connectivity index (χ1) is 15.7. The first-order valence-electron chi connectivity index (χ1n) is 10.5. The highest BCUT2D eigenvalue weighted by atomic mass is 35.5. The number of hydrogen-bond acceptors (Lipinski definition) is 5. The van der Waals surface area contributed by atoms with Gasteiger partial charge < -0.3 is 14.5 Å². The molecule has 1 saturated heterocycles. The van der Waals surface area contributed by atoms with Crippen LogP contribution in [0.15, 0.2) is 47.4 Å². The molecule has 0 unspecified atom stereocenters. The summed E-state index contributed by atoms with van der Waals surface area (Å²) in [5, 5.41) is 0.0401. The van der Waals surface area contributed by atoms with Gasteiger partial charge >= 0.3 is 0 Å². The van der Waals surface area contributed by atoms with Crippen LogP contribution in [0.3, 0.4) is 0 Å². The van der Waals surface area contributed by atoms with E-state index in [4.69, 9.17) is 16.3 Å². The quantitative estimate of drug-likeness (QED) is 0.604. The van der Waals surface area contributed by atoms with Crippen molar-refractivity contribution in [1.29, 1.82) is 0 Å². The monoisotopic (exact) mass is 497 g/mol. The van der Waals surface area contributed by atoms with Gasteiger partial charge in [0.05, 0.1) is 22.1 Å². The molecule has 0 atom stereocenters. The number of nitrogens with zero attached hydrogens (tertiary/aromatic N) is 2. The third kappa shape index (κ3) is 6.43. The Morgan fingerprint density at radius 3 is 2.30 bits per heavy atom. The Balaban J connectivity index is 1.46. The van der Waals surface area contributed by atoms with E-state index in [9.17, 15) is 22.4 Å². The van der Waals surface area contributed by atoms with Crippen molar-refractivity contribution in [3.05, 3.63) is 58.9 Å². The number of rotatable bonds is 8. The molecule has 178 valence electrons. The topological polar surface area (TPSA) is 96.0 Å². The van der Waals surface area contributed by atoms with Crippen LogP contribution in [0.1, 0.15) is 23.7 Å². The molecule has 11 heteroatoms. The number of hydrogen-bond donors (Lipinski definition) is 1. The Bertz CT molecular complexity index is 1100. The molecule has 8 nitrogen and oxygen atoms in total. The zero-order valence-corrected chi connectivity index (χ0v) is 19.7. The first kappa shape index (κ1) is 24.9. The van der Waals surface area contributed by atoms with E-state index in [1.165, 1.54) is 24.3 Å². The number of benzene rings is 2. The van der Waals surface area contributed by atoms with E-state index >= 15 is 0 Å². The summed E-state index contributed by atoms with van der Waals surface area (Å²) >= 11 is 5.97. The third-order valence-corrected chi connectivity index (χ3v) is 6.95. The smallest absolute Gasteiger partial charge is 0.255 e. The van der Waals surface area contributed by atoms with Crippen molar-refractivity contribution in [1.82, 2.24) is 14.5 Å². The minimum absolute atomic E-state index is 0.00596. The maximum Gasteiger partial charge on any atom is 0.255 e. The van der Waals surface area contributed by atoms with Gasteiger partial charge in [-0.3, -0.25) is 9.59 Å². The molecule has 1 aliphatic rings. The van der Waals surface area contributed by atoms with E-state index in [0.29, 0.717) is 38.5 Å². The highest BCUT2D eigenvalue weighted by molar-refractivity contribution is 7.89. The SMILES string of the molecule is CCOc1ccc(S(=O)(=O)NCCC(=O)N2CCN(C(=O)c3ccc(F)cc3Cl)CC2)cc1. The fraction of sp³-hybridized carbons (Fsp3) is 0.364. The van der Waals surface area contributed by atoms with Crippen molar-refractivity contribution in [3.8, 4) is 5.75 Å². The zero-order chi connectivity index (χ0) is 24.0. The lowest BCUT2D eigenvalue weighted by atomic mass is 10.1. The molecule has 0 bridgehead atoms. The van der Waals surface area contributed by atoms with Crippen LogP contribution in [0.4, 0.5) is 4.39 Å². The average Bonchev–Trinajstić information content (AvgIpc) is 2.79. The van der Waals surface area contributed by atoms with Gasteiger partial charge in [-0.25, -0.2) is 17.5 Å². The predicted octanol–water partition coefficient (Wildman–Crippen LogP) is 2.53. The molecule has 2 aromatic rings. The van der Waals surface area contributed by atoms with Crippen LogP contribution in [0, 0.1) is 5.82 Å². The normalized spacial score (nSPS) is 14.3. The van der Waals surface area contributed by atoms with Crippen LogP contribution in [0.25, 0.3) is 0 Å². The number of carbonyl (C=O) groups is 2. The maximum absolute atomic E-state index is 13.2.